The van der Waals surface area contributed by atoms with E-state index in [1.54, 1.807) is 18.2 Å². The fourth-order valence-corrected chi connectivity index (χ4v) is 4.12. The van der Waals surface area contributed by atoms with Crippen molar-refractivity contribution in [2.75, 3.05) is 0 Å². The van der Waals surface area contributed by atoms with Gasteiger partial charge in [-0.25, -0.2) is 8.42 Å². The Morgan fingerprint density at radius 1 is 0.957 bits per heavy atom. The van der Waals surface area contributed by atoms with Crippen molar-refractivity contribution in [1.82, 2.24) is 0 Å². The molecule has 5 heteroatoms. The van der Waals surface area contributed by atoms with Gasteiger partial charge in [-0.15, -0.1) is 0 Å². The van der Waals surface area contributed by atoms with Crippen molar-refractivity contribution in [1.29, 1.82) is 0 Å². The monoisotopic (exact) mass is 358 g/mol. The maximum absolute atomic E-state index is 11.3. The molecule has 0 aliphatic carbocycles. The van der Waals surface area contributed by atoms with E-state index in [2.05, 4.69) is 19.6 Å². The maximum atomic E-state index is 11.3. The molecule has 1 aromatic rings. The molecular weight excluding hydrogens is 328 g/mol. The zero-order valence-electron chi connectivity index (χ0n) is 14.1. The van der Waals surface area contributed by atoms with Crippen LogP contribution >= 0.6 is 0 Å². The molecule has 0 amide bonds. The Balaban J connectivity index is 2.29. The van der Waals surface area contributed by atoms with Crippen molar-refractivity contribution in [3.8, 4) is 0 Å². The van der Waals surface area contributed by atoms with Crippen molar-refractivity contribution >= 4 is 22.7 Å². The summed E-state index contributed by atoms with van der Waals surface area (Å²) in [4.78, 5) is -0.101. The van der Waals surface area contributed by atoms with Gasteiger partial charge in [0.25, 0.3) is 0 Å². The second-order valence-corrected chi connectivity index (χ2v) is 8.21. The standard InChI is InChI=1S/C18H30O3S2/c1-2-3-4-5-6-7-8-9-10-14-17(22)16-13-11-12-15-18(16)23(19,20)21/h11-13,15,17,22H,2-10,14H2,1H3,(H,19,20,21). The topological polar surface area (TPSA) is 57.2 Å². The van der Waals surface area contributed by atoms with Crippen LogP contribution in [0.15, 0.2) is 29.2 Å². The average molecular weight is 359 g/mol. The van der Waals surface area contributed by atoms with E-state index in [9.17, 15) is 13.0 Å². The molecule has 0 radical (unpaired) electrons. The van der Waals surface area contributed by atoms with Gasteiger partial charge in [0.05, 0.1) is 4.90 Å². The van der Waals surface area contributed by atoms with Gasteiger partial charge in [-0.3, -0.25) is 0 Å². The van der Waals surface area contributed by atoms with E-state index in [1.165, 1.54) is 51.0 Å². The van der Waals surface area contributed by atoms with Gasteiger partial charge in [0, 0.05) is 5.56 Å². The lowest BCUT2D eigenvalue weighted by Crippen LogP contribution is -2.06. The molecule has 1 rings (SSSR count). The molecule has 0 spiro atoms. The summed E-state index contributed by atoms with van der Waals surface area (Å²) >= 11 is 3.59. The van der Waals surface area contributed by atoms with Gasteiger partial charge < -0.3 is 4.55 Å². The van der Waals surface area contributed by atoms with Gasteiger partial charge in [-0.2, -0.15) is 0 Å². The average Bonchev–Trinajstić information content (AvgIpc) is 2.52. The quantitative estimate of drug-likeness (QED) is 0.312. The van der Waals surface area contributed by atoms with E-state index in [4.69, 9.17) is 0 Å². The van der Waals surface area contributed by atoms with Crippen LogP contribution in [0, 0.1) is 0 Å². The summed E-state index contributed by atoms with van der Waals surface area (Å²) in [5.41, 5.74) is 0.582. The molecule has 0 aromatic heterocycles. The zero-order chi connectivity index (χ0) is 17.1. The number of hydrogen-bond acceptors (Lipinski definition) is 3. The molecule has 0 fully saturated rings. The van der Waals surface area contributed by atoms with Crippen LogP contribution in [0.5, 0.6) is 0 Å². The van der Waals surface area contributed by atoms with Gasteiger partial charge in [0.15, 0.2) is 0 Å². The Kier molecular flexibility index (Phi) is 9.91. The van der Waals surface area contributed by atoms with Crippen molar-refractivity contribution in [3.05, 3.63) is 29.8 Å². The Morgan fingerprint density at radius 3 is 2.04 bits per heavy atom. The molecular formula is C18H30O3S2. The van der Waals surface area contributed by atoms with Gasteiger partial charge in [-0.1, -0.05) is 76.5 Å². The molecule has 1 aromatic carbocycles. The molecule has 1 atom stereocenters. The first kappa shape index (κ1) is 20.5. The van der Waals surface area contributed by atoms with Crippen molar-refractivity contribution < 1.29 is 13.0 Å². The predicted octanol–water partition coefficient (Wildman–Crippen LogP) is 4.56. The smallest absolute Gasteiger partial charge is 0.139 e. The maximum Gasteiger partial charge on any atom is 0.139 e. The van der Waals surface area contributed by atoms with Crippen LogP contribution in [0.4, 0.5) is 0 Å². The van der Waals surface area contributed by atoms with Gasteiger partial charge in [0.2, 0.25) is 0 Å². The fraction of sp³-hybridized carbons (Fsp3) is 0.667. The number of benzene rings is 1. The summed E-state index contributed by atoms with van der Waals surface area (Å²) < 4.78 is 33.9. The van der Waals surface area contributed by atoms with Crippen molar-refractivity contribution in [3.63, 3.8) is 0 Å². The van der Waals surface area contributed by atoms with Gasteiger partial charge >= 0.3 is 0 Å². The fourth-order valence-electron chi connectivity index (χ4n) is 2.81. The molecule has 0 saturated carbocycles. The molecule has 132 valence electrons. The third kappa shape index (κ3) is 8.23. The Labute approximate surface area is 147 Å². The molecule has 0 aliphatic heterocycles. The predicted molar refractivity (Wildman–Crippen MR) is 99.1 cm³/mol. The third-order valence-electron chi connectivity index (χ3n) is 4.16. The van der Waals surface area contributed by atoms with Crippen LogP contribution in [0.1, 0.15) is 81.9 Å². The minimum atomic E-state index is -4.41. The normalized spacial score (nSPS) is 13.2. The van der Waals surface area contributed by atoms with Crippen LogP contribution in [-0.4, -0.2) is 13.0 Å². The Morgan fingerprint density at radius 2 is 1.48 bits per heavy atom. The summed E-state index contributed by atoms with van der Waals surface area (Å²) in [6.07, 6.45) is 12.2. The summed E-state index contributed by atoms with van der Waals surface area (Å²) in [5, 5.41) is -0.0838. The lowest BCUT2D eigenvalue weighted by molar-refractivity contribution is 0.461. The molecule has 0 heterocycles. The first-order valence-electron chi connectivity index (χ1n) is 8.72. The molecule has 0 N–H and O–H groups in total. The van der Waals surface area contributed by atoms with Crippen LogP contribution in [-0.2, 0) is 22.7 Å². The highest BCUT2D eigenvalue weighted by Crippen LogP contribution is 2.27. The first-order chi connectivity index (χ1) is 11.0. The lowest BCUT2D eigenvalue weighted by atomic mass is 10.0. The Hall–Kier alpha value is -0.520. The lowest BCUT2D eigenvalue weighted by Gasteiger charge is -2.14. The van der Waals surface area contributed by atoms with E-state index >= 15 is 0 Å². The van der Waals surface area contributed by atoms with Crippen molar-refractivity contribution in [2.24, 2.45) is 0 Å². The van der Waals surface area contributed by atoms with Crippen molar-refractivity contribution in [2.45, 2.75) is 81.3 Å². The van der Waals surface area contributed by atoms with E-state index in [1.807, 2.05) is 0 Å². The van der Waals surface area contributed by atoms with Gasteiger partial charge in [-0.05, 0) is 31.5 Å². The van der Waals surface area contributed by atoms with Gasteiger partial charge in [0.1, 0.15) is 15.4 Å². The second kappa shape index (κ2) is 11.1. The molecule has 0 bridgehead atoms. The van der Waals surface area contributed by atoms with E-state index in [0.29, 0.717) is 5.56 Å². The first-order valence-corrected chi connectivity index (χ1v) is 10.7. The van der Waals surface area contributed by atoms with Crippen LogP contribution in [0.3, 0.4) is 0 Å². The molecule has 0 saturated heterocycles. The summed E-state index contributed by atoms with van der Waals surface area (Å²) in [6.45, 7) is 2.23. The highest BCUT2D eigenvalue weighted by molar-refractivity contribution is 7.85. The van der Waals surface area contributed by atoms with E-state index in [0.717, 1.165) is 19.3 Å². The van der Waals surface area contributed by atoms with Crippen LogP contribution in [0.2, 0.25) is 0 Å². The number of unbranched alkanes of at least 4 members (excludes halogenated alkanes) is 8. The van der Waals surface area contributed by atoms with Crippen LogP contribution < -0.4 is 0 Å². The number of rotatable bonds is 12. The summed E-state index contributed by atoms with van der Waals surface area (Å²) in [6, 6.07) is 6.47. The third-order valence-corrected chi connectivity index (χ3v) is 5.67. The van der Waals surface area contributed by atoms with E-state index in [-0.39, 0.29) is 10.1 Å². The highest BCUT2D eigenvalue weighted by Gasteiger charge is 2.18. The zero-order valence-corrected chi connectivity index (χ0v) is 15.9. The summed E-state index contributed by atoms with van der Waals surface area (Å²) in [5.74, 6) is 0. The largest absolute Gasteiger partial charge is 0.744 e. The second-order valence-electron chi connectivity index (χ2n) is 6.16. The molecule has 1 unspecified atom stereocenters. The minimum absolute atomic E-state index is 0.0838. The molecule has 3 nitrogen and oxygen atoms in total. The van der Waals surface area contributed by atoms with Crippen LogP contribution in [0.25, 0.3) is 0 Å². The Bertz CT molecular complexity index is 541. The number of hydrogen-bond donors (Lipinski definition) is 0. The minimum Gasteiger partial charge on any atom is -0.744 e. The molecule has 0 aliphatic rings. The molecule has 23 heavy (non-hydrogen) atoms. The summed E-state index contributed by atoms with van der Waals surface area (Å²) in [7, 11) is -4.41. The highest BCUT2D eigenvalue weighted by atomic mass is 32.2. The SMILES string of the molecule is CCCCCCCCCCCC([SH2+])c1ccccc1S(=O)(=O)[O-]. The van der Waals surface area contributed by atoms with E-state index < -0.39 is 10.1 Å².